The van der Waals surface area contributed by atoms with Gasteiger partial charge in [-0.1, -0.05) is 0 Å². The Kier molecular flexibility index (Phi) is 4.19. The molecule has 7 heteroatoms. The summed E-state index contributed by atoms with van der Waals surface area (Å²) in [6.07, 6.45) is 1.67. The molecule has 6 nitrogen and oxygen atoms in total. The fourth-order valence-corrected chi connectivity index (χ4v) is 4.37. The molecule has 0 N–H and O–H groups in total. The number of rotatable bonds is 3. The Morgan fingerprint density at radius 3 is 2.39 bits per heavy atom. The fraction of sp³-hybridized carbons (Fsp3) is 0.429. The number of aromatic nitrogens is 3. The number of nitrogens with zero attached hydrogens (tertiary/aromatic N) is 6. The molecule has 2 aliphatic rings. The van der Waals surface area contributed by atoms with Crippen LogP contribution in [0.25, 0.3) is 11.0 Å². The van der Waals surface area contributed by atoms with Gasteiger partial charge in [0.1, 0.15) is 17.7 Å². The summed E-state index contributed by atoms with van der Waals surface area (Å²) in [5.41, 5.74) is 4.45. The molecule has 146 valence electrons. The number of anilines is 2. The monoisotopic (exact) mass is 380 g/mol. The van der Waals surface area contributed by atoms with E-state index in [0.717, 1.165) is 61.8 Å². The summed E-state index contributed by atoms with van der Waals surface area (Å²) < 4.78 is 15.3. The molecule has 0 radical (unpaired) electrons. The normalized spacial score (nSPS) is 18.7. The van der Waals surface area contributed by atoms with Crippen molar-refractivity contribution in [3.63, 3.8) is 0 Å². The third-order valence-electron chi connectivity index (χ3n) is 6.23. The molecule has 2 fully saturated rings. The van der Waals surface area contributed by atoms with Gasteiger partial charge < -0.3 is 14.4 Å². The summed E-state index contributed by atoms with van der Waals surface area (Å²) in [6.45, 7) is 8.16. The molecule has 0 aliphatic carbocycles. The van der Waals surface area contributed by atoms with Crippen LogP contribution in [0.15, 0.2) is 36.7 Å². The molecule has 3 aromatic rings. The lowest BCUT2D eigenvalue weighted by molar-refractivity contribution is 0.157. The van der Waals surface area contributed by atoms with Gasteiger partial charge in [0.15, 0.2) is 5.82 Å². The average molecular weight is 380 g/mol. The Bertz CT molecular complexity index is 984. The van der Waals surface area contributed by atoms with Crippen molar-refractivity contribution in [3.8, 4) is 0 Å². The van der Waals surface area contributed by atoms with Crippen molar-refractivity contribution in [1.82, 2.24) is 19.4 Å². The second kappa shape index (κ2) is 6.74. The van der Waals surface area contributed by atoms with E-state index in [1.807, 2.05) is 12.1 Å². The van der Waals surface area contributed by atoms with E-state index < -0.39 is 0 Å². The highest BCUT2D eigenvalue weighted by atomic mass is 19.1. The number of piperazine rings is 1. The predicted molar refractivity (Wildman–Crippen MR) is 109 cm³/mol. The third-order valence-corrected chi connectivity index (χ3v) is 6.23. The maximum Gasteiger partial charge on any atom is 0.156 e. The quantitative estimate of drug-likeness (QED) is 0.698. The van der Waals surface area contributed by atoms with Crippen LogP contribution in [0.5, 0.6) is 0 Å². The first-order valence-electron chi connectivity index (χ1n) is 9.87. The largest absolute Gasteiger partial charge is 0.369 e. The lowest BCUT2D eigenvalue weighted by atomic mass is 10.1. The zero-order valence-electron chi connectivity index (χ0n) is 16.3. The lowest BCUT2D eigenvalue weighted by Crippen LogP contribution is -2.63. The summed E-state index contributed by atoms with van der Waals surface area (Å²) in [6, 6.07) is 9.52. The Labute approximate surface area is 164 Å². The summed E-state index contributed by atoms with van der Waals surface area (Å²) in [5, 5.41) is 0. The van der Waals surface area contributed by atoms with Crippen molar-refractivity contribution < 1.29 is 4.39 Å². The first-order valence-corrected chi connectivity index (χ1v) is 9.87. The van der Waals surface area contributed by atoms with Crippen molar-refractivity contribution in [1.29, 1.82) is 0 Å². The van der Waals surface area contributed by atoms with Gasteiger partial charge in [0, 0.05) is 63.7 Å². The molecule has 5 rings (SSSR count). The van der Waals surface area contributed by atoms with Crippen LogP contribution in [0.3, 0.4) is 0 Å². The second-order valence-electron chi connectivity index (χ2n) is 7.83. The molecule has 2 aromatic heterocycles. The van der Waals surface area contributed by atoms with Crippen molar-refractivity contribution in [2.75, 3.05) is 49.1 Å². The van der Waals surface area contributed by atoms with E-state index in [4.69, 9.17) is 0 Å². The molecule has 0 bridgehead atoms. The smallest absolute Gasteiger partial charge is 0.156 e. The summed E-state index contributed by atoms with van der Waals surface area (Å²) in [5.74, 6) is 0.867. The number of aryl methyl sites for hydroxylation is 2. The summed E-state index contributed by atoms with van der Waals surface area (Å²) in [4.78, 5) is 16.3. The maximum atomic E-state index is 13.1. The van der Waals surface area contributed by atoms with Crippen LogP contribution in [0.1, 0.15) is 5.69 Å². The second-order valence-corrected chi connectivity index (χ2v) is 7.83. The minimum absolute atomic E-state index is 0.177. The van der Waals surface area contributed by atoms with E-state index in [1.165, 1.54) is 5.69 Å². The Balaban J connectivity index is 1.22. The molecule has 0 atom stereocenters. The van der Waals surface area contributed by atoms with Gasteiger partial charge in [0.25, 0.3) is 0 Å². The minimum Gasteiger partial charge on any atom is -0.369 e. The highest BCUT2D eigenvalue weighted by Crippen LogP contribution is 2.30. The zero-order valence-corrected chi connectivity index (χ0v) is 16.3. The van der Waals surface area contributed by atoms with Gasteiger partial charge in [-0.2, -0.15) is 0 Å². The van der Waals surface area contributed by atoms with Crippen molar-refractivity contribution in [3.05, 3.63) is 48.2 Å². The number of halogens is 1. The molecule has 4 heterocycles. The molecule has 2 aliphatic heterocycles. The Morgan fingerprint density at radius 1 is 0.964 bits per heavy atom. The van der Waals surface area contributed by atoms with Crippen LogP contribution >= 0.6 is 0 Å². The minimum atomic E-state index is -0.177. The number of fused-ring (bicyclic) bond motifs is 1. The van der Waals surface area contributed by atoms with Crippen LogP contribution in [0.2, 0.25) is 0 Å². The highest BCUT2D eigenvalue weighted by molar-refractivity contribution is 5.88. The number of hydrogen-bond acceptors (Lipinski definition) is 5. The van der Waals surface area contributed by atoms with Crippen LogP contribution in [0, 0.1) is 12.7 Å². The van der Waals surface area contributed by atoms with E-state index in [0.29, 0.717) is 6.04 Å². The van der Waals surface area contributed by atoms with Crippen molar-refractivity contribution in [2.45, 2.75) is 13.0 Å². The SMILES string of the molecule is Cc1cc2ncnc(N3CC(N4CCN(c5ccc(F)cc5)CC4)C3)c2n1C. The van der Waals surface area contributed by atoms with Gasteiger partial charge >= 0.3 is 0 Å². The molecule has 0 saturated carbocycles. The molecular weight excluding hydrogens is 355 g/mol. The van der Waals surface area contributed by atoms with E-state index >= 15 is 0 Å². The average Bonchev–Trinajstić information content (AvgIpc) is 2.97. The van der Waals surface area contributed by atoms with Crippen molar-refractivity contribution in [2.24, 2.45) is 7.05 Å². The fourth-order valence-electron chi connectivity index (χ4n) is 4.37. The van der Waals surface area contributed by atoms with Gasteiger partial charge in [0.2, 0.25) is 0 Å². The number of hydrogen-bond donors (Lipinski definition) is 0. The van der Waals surface area contributed by atoms with Crippen LogP contribution in [0.4, 0.5) is 15.9 Å². The van der Waals surface area contributed by atoms with Crippen LogP contribution < -0.4 is 9.80 Å². The first kappa shape index (κ1) is 17.4. The molecule has 0 spiro atoms. The lowest BCUT2D eigenvalue weighted by Gasteiger charge is -2.49. The molecule has 2 saturated heterocycles. The zero-order chi connectivity index (χ0) is 19.3. The summed E-state index contributed by atoms with van der Waals surface area (Å²) in [7, 11) is 2.08. The Hall–Kier alpha value is -2.67. The number of benzene rings is 1. The van der Waals surface area contributed by atoms with Gasteiger partial charge in [-0.15, -0.1) is 0 Å². The predicted octanol–water partition coefficient (Wildman–Crippen LogP) is 2.43. The van der Waals surface area contributed by atoms with Gasteiger partial charge in [-0.05, 0) is 37.3 Å². The van der Waals surface area contributed by atoms with E-state index in [2.05, 4.69) is 49.3 Å². The molecule has 0 unspecified atom stereocenters. The van der Waals surface area contributed by atoms with Gasteiger partial charge in [0.05, 0.1) is 5.52 Å². The topological polar surface area (TPSA) is 40.4 Å². The van der Waals surface area contributed by atoms with E-state index in [1.54, 1.807) is 18.5 Å². The van der Waals surface area contributed by atoms with Crippen LogP contribution in [-0.2, 0) is 7.05 Å². The van der Waals surface area contributed by atoms with E-state index in [-0.39, 0.29) is 5.82 Å². The molecular formula is C21H25FN6. The van der Waals surface area contributed by atoms with E-state index in [9.17, 15) is 4.39 Å². The first-order chi connectivity index (χ1) is 13.6. The van der Waals surface area contributed by atoms with Crippen LogP contribution in [-0.4, -0.2) is 64.7 Å². The maximum absolute atomic E-state index is 13.1. The third kappa shape index (κ3) is 2.90. The highest BCUT2D eigenvalue weighted by Gasteiger charge is 2.35. The Morgan fingerprint density at radius 2 is 1.68 bits per heavy atom. The molecule has 0 amide bonds. The molecule has 28 heavy (non-hydrogen) atoms. The molecule has 1 aromatic carbocycles. The summed E-state index contributed by atoms with van der Waals surface area (Å²) >= 11 is 0. The van der Waals surface area contributed by atoms with Gasteiger partial charge in [-0.25, -0.2) is 14.4 Å². The van der Waals surface area contributed by atoms with Crippen molar-refractivity contribution >= 4 is 22.5 Å². The van der Waals surface area contributed by atoms with Gasteiger partial charge in [-0.3, -0.25) is 4.90 Å². The standard InChI is InChI=1S/C21H25FN6/c1-15-11-19-20(25(15)2)21(24-14-23-19)28-12-18(13-28)27-9-7-26(8-10-27)17-5-3-16(22)4-6-17/h3-6,11,14,18H,7-10,12-13H2,1-2H3.